The molecule has 0 aliphatic rings. The van der Waals surface area contributed by atoms with E-state index in [9.17, 15) is 0 Å². The van der Waals surface area contributed by atoms with Gasteiger partial charge in [0, 0.05) is 11.9 Å². The highest BCUT2D eigenvalue weighted by Gasteiger charge is 2.17. The quantitative estimate of drug-likeness (QED) is 0.787. The van der Waals surface area contributed by atoms with Crippen LogP contribution >= 0.6 is 22.9 Å². The van der Waals surface area contributed by atoms with Gasteiger partial charge < -0.3 is 5.32 Å². The largest absolute Gasteiger partial charge is 0.357 e. The maximum absolute atomic E-state index is 6.24. The maximum atomic E-state index is 6.24. The van der Waals surface area contributed by atoms with Crippen LogP contribution in [0.5, 0.6) is 0 Å². The van der Waals surface area contributed by atoms with Gasteiger partial charge in [-0.25, -0.2) is 9.67 Å². The fourth-order valence-corrected chi connectivity index (χ4v) is 3.12. The van der Waals surface area contributed by atoms with Gasteiger partial charge in [-0.3, -0.25) is 0 Å². The molecular formula is C13H14ClN5S. The molecule has 0 spiro atoms. The fourth-order valence-electron chi connectivity index (χ4n) is 2.13. The summed E-state index contributed by atoms with van der Waals surface area (Å²) in [5, 5.41) is 9.15. The zero-order valence-electron chi connectivity index (χ0n) is 11.7. The van der Waals surface area contributed by atoms with Gasteiger partial charge in [-0.15, -0.1) is 11.3 Å². The van der Waals surface area contributed by atoms with Crippen LogP contribution in [0.2, 0.25) is 5.02 Å². The van der Waals surface area contributed by atoms with Gasteiger partial charge in [-0.05, 0) is 26.8 Å². The number of halogens is 1. The third kappa shape index (κ3) is 1.96. The Labute approximate surface area is 125 Å². The van der Waals surface area contributed by atoms with Crippen LogP contribution in [0.15, 0.2) is 6.07 Å². The van der Waals surface area contributed by atoms with Crippen molar-refractivity contribution in [1.82, 2.24) is 19.7 Å². The number of thiophene rings is 1. The summed E-state index contributed by atoms with van der Waals surface area (Å²) >= 11 is 7.88. The van der Waals surface area contributed by atoms with E-state index in [1.807, 2.05) is 13.8 Å². The molecule has 104 valence electrons. The monoisotopic (exact) mass is 307 g/mol. The molecule has 0 unspecified atom stereocenters. The molecule has 0 aromatic carbocycles. The van der Waals surface area contributed by atoms with E-state index in [2.05, 4.69) is 33.4 Å². The Hall–Kier alpha value is -1.66. The van der Waals surface area contributed by atoms with Crippen LogP contribution in [0.3, 0.4) is 0 Å². The molecule has 1 N–H and O–H groups in total. The third-order valence-corrected chi connectivity index (χ3v) is 4.61. The fraction of sp³-hybridized carbons (Fsp3) is 0.308. The summed E-state index contributed by atoms with van der Waals surface area (Å²) in [5.74, 6) is 1.34. The second-order valence-electron chi connectivity index (χ2n) is 4.59. The molecule has 0 aliphatic heterocycles. The van der Waals surface area contributed by atoms with E-state index in [4.69, 9.17) is 11.6 Å². The Kier molecular flexibility index (Phi) is 3.14. The third-order valence-electron chi connectivity index (χ3n) is 3.12. The Morgan fingerprint density at radius 1 is 1.25 bits per heavy atom. The van der Waals surface area contributed by atoms with Crippen molar-refractivity contribution in [2.45, 2.75) is 20.8 Å². The van der Waals surface area contributed by atoms with Gasteiger partial charge in [0.05, 0.1) is 21.8 Å². The molecule has 0 fully saturated rings. The average Bonchev–Trinajstić information content (AvgIpc) is 2.92. The van der Waals surface area contributed by atoms with E-state index in [0.717, 1.165) is 27.4 Å². The van der Waals surface area contributed by atoms with Crippen LogP contribution in [0.25, 0.3) is 16.0 Å². The summed E-state index contributed by atoms with van der Waals surface area (Å²) in [4.78, 5) is 11.2. The van der Waals surface area contributed by atoms with Crippen molar-refractivity contribution in [1.29, 1.82) is 0 Å². The summed E-state index contributed by atoms with van der Waals surface area (Å²) < 4.78 is 1.79. The second-order valence-corrected chi connectivity index (χ2v) is 6.21. The maximum Gasteiger partial charge on any atom is 0.225 e. The first-order chi connectivity index (χ1) is 9.51. The molecule has 3 rings (SSSR count). The highest BCUT2D eigenvalue weighted by Crippen LogP contribution is 2.30. The molecule has 0 amide bonds. The topological polar surface area (TPSA) is 55.6 Å². The Morgan fingerprint density at radius 3 is 2.60 bits per heavy atom. The number of nitrogens with zero attached hydrogens (tertiary/aromatic N) is 4. The molecule has 20 heavy (non-hydrogen) atoms. The van der Waals surface area contributed by atoms with Crippen molar-refractivity contribution in [3.8, 4) is 5.82 Å². The molecule has 3 aromatic rings. The predicted molar refractivity (Wildman–Crippen MR) is 83.3 cm³/mol. The first-order valence-corrected chi connectivity index (χ1v) is 7.38. The van der Waals surface area contributed by atoms with Crippen molar-refractivity contribution in [2.75, 3.05) is 12.4 Å². The first-order valence-electron chi connectivity index (χ1n) is 6.19. The molecule has 3 aromatic heterocycles. The zero-order valence-corrected chi connectivity index (χ0v) is 13.2. The first kappa shape index (κ1) is 13.3. The van der Waals surface area contributed by atoms with Crippen LogP contribution < -0.4 is 5.32 Å². The van der Waals surface area contributed by atoms with E-state index in [-0.39, 0.29) is 0 Å². The lowest BCUT2D eigenvalue weighted by atomic mass is 10.3. The molecule has 0 radical (unpaired) electrons. The number of fused-ring (bicyclic) bond motifs is 1. The van der Waals surface area contributed by atoms with E-state index < -0.39 is 0 Å². The van der Waals surface area contributed by atoms with Crippen LogP contribution in [-0.4, -0.2) is 26.8 Å². The predicted octanol–water partition coefficient (Wildman–Crippen LogP) is 3.50. The minimum absolute atomic E-state index is 0.582. The average molecular weight is 308 g/mol. The Morgan fingerprint density at radius 2 is 2.00 bits per heavy atom. The van der Waals surface area contributed by atoms with Crippen molar-refractivity contribution in [3.63, 3.8) is 0 Å². The van der Waals surface area contributed by atoms with Gasteiger partial charge in [0.15, 0.2) is 5.82 Å². The van der Waals surface area contributed by atoms with Crippen LogP contribution in [0, 0.1) is 20.8 Å². The van der Waals surface area contributed by atoms with Crippen molar-refractivity contribution in [2.24, 2.45) is 0 Å². The van der Waals surface area contributed by atoms with E-state index in [1.165, 1.54) is 4.88 Å². The van der Waals surface area contributed by atoms with E-state index in [1.54, 1.807) is 23.1 Å². The number of aryl methyl sites for hydroxylation is 2. The van der Waals surface area contributed by atoms with Gasteiger partial charge in [-0.2, -0.15) is 10.1 Å². The normalized spacial score (nSPS) is 11.2. The smallest absolute Gasteiger partial charge is 0.225 e. The molecule has 0 bridgehead atoms. The highest BCUT2D eigenvalue weighted by atomic mass is 35.5. The molecule has 0 saturated heterocycles. The standard InChI is InChI=1S/C13H14ClN5S/c1-6-5-9-11(16-13(15-4)17-12(9)20-6)19-8(3)10(14)7(2)18-19/h5H,1-4H3,(H,15,16,17). The minimum Gasteiger partial charge on any atom is -0.357 e. The van der Waals surface area contributed by atoms with Crippen LogP contribution in [0.4, 0.5) is 5.95 Å². The number of rotatable bonds is 2. The minimum atomic E-state index is 0.582. The number of hydrogen-bond acceptors (Lipinski definition) is 5. The summed E-state index contributed by atoms with van der Waals surface area (Å²) in [6.45, 7) is 5.89. The molecule has 7 heteroatoms. The SMILES string of the molecule is CNc1nc(-n2nc(C)c(Cl)c2C)c2cc(C)sc2n1. The van der Waals surface area contributed by atoms with Gasteiger partial charge in [-0.1, -0.05) is 11.6 Å². The number of hydrogen-bond donors (Lipinski definition) is 1. The van der Waals surface area contributed by atoms with Crippen LogP contribution in [-0.2, 0) is 0 Å². The molecule has 3 heterocycles. The van der Waals surface area contributed by atoms with Crippen molar-refractivity contribution >= 4 is 39.1 Å². The molecule has 0 aliphatic carbocycles. The number of aromatic nitrogens is 4. The lowest BCUT2D eigenvalue weighted by Crippen LogP contribution is -2.06. The van der Waals surface area contributed by atoms with Gasteiger partial charge >= 0.3 is 0 Å². The van der Waals surface area contributed by atoms with Crippen LogP contribution in [0.1, 0.15) is 16.3 Å². The second kappa shape index (κ2) is 4.71. The summed E-state index contributed by atoms with van der Waals surface area (Å²) in [6.07, 6.45) is 0. The molecule has 0 atom stereocenters. The summed E-state index contributed by atoms with van der Waals surface area (Å²) in [5.41, 5.74) is 1.68. The Balaban J connectivity index is 2.36. The lowest BCUT2D eigenvalue weighted by molar-refractivity contribution is 0.812. The van der Waals surface area contributed by atoms with Crippen molar-refractivity contribution in [3.05, 3.63) is 27.4 Å². The molecular weight excluding hydrogens is 294 g/mol. The van der Waals surface area contributed by atoms with Crippen molar-refractivity contribution < 1.29 is 0 Å². The lowest BCUT2D eigenvalue weighted by Gasteiger charge is -2.07. The number of nitrogens with one attached hydrogen (secondary N) is 1. The molecule has 0 saturated carbocycles. The molecule has 5 nitrogen and oxygen atoms in total. The van der Waals surface area contributed by atoms with Gasteiger partial charge in [0.1, 0.15) is 4.83 Å². The van der Waals surface area contributed by atoms with E-state index >= 15 is 0 Å². The Bertz CT molecular complexity index is 805. The highest BCUT2D eigenvalue weighted by molar-refractivity contribution is 7.18. The zero-order chi connectivity index (χ0) is 14.4. The van der Waals surface area contributed by atoms with Gasteiger partial charge in [0.2, 0.25) is 5.95 Å². The van der Waals surface area contributed by atoms with E-state index in [0.29, 0.717) is 11.0 Å². The van der Waals surface area contributed by atoms with Gasteiger partial charge in [0.25, 0.3) is 0 Å². The summed E-state index contributed by atoms with van der Waals surface area (Å²) in [7, 11) is 1.81. The number of anilines is 1. The summed E-state index contributed by atoms with van der Waals surface area (Å²) in [6, 6.07) is 2.08.